The molecular formula is C19H23FN4O. The first-order valence-corrected chi connectivity index (χ1v) is 8.87. The number of carbonyl (C=O) groups excluding carboxylic acids is 1. The van der Waals surface area contributed by atoms with Gasteiger partial charge in [0.25, 0.3) is 5.91 Å². The first-order valence-electron chi connectivity index (χ1n) is 8.87. The molecule has 0 unspecified atom stereocenters. The van der Waals surface area contributed by atoms with Crippen LogP contribution >= 0.6 is 0 Å². The third-order valence-electron chi connectivity index (χ3n) is 5.82. The molecule has 25 heavy (non-hydrogen) atoms. The molecule has 3 aliphatic rings. The molecule has 2 aromatic rings. The maximum Gasteiger partial charge on any atom is 0.268 e. The number of rotatable bonds is 3. The standard InChI is InChI=1S/C19H23FN4O/c1-12-18(13-7-9-24(12)10-8-13)22-19(25)17-6-5-16(23(17)2)15-4-3-14(20)11-21-15/h3-6,11-13,18H,7-10H2,1-2H3,(H,22,25)/t12-,18-/m0/s1. The van der Waals surface area contributed by atoms with Crippen LogP contribution in [0.3, 0.4) is 0 Å². The summed E-state index contributed by atoms with van der Waals surface area (Å²) in [6.07, 6.45) is 3.51. The summed E-state index contributed by atoms with van der Waals surface area (Å²) < 4.78 is 14.9. The zero-order chi connectivity index (χ0) is 17.6. The molecule has 1 N–H and O–H groups in total. The lowest BCUT2D eigenvalue weighted by Crippen LogP contribution is -2.62. The number of carbonyl (C=O) groups is 1. The van der Waals surface area contributed by atoms with Gasteiger partial charge in [-0.2, -0.15) is 0 Å². The fraction of sp³-hybridized carbons (Fsp3) is 0.474. The molecule has 5 nitrogen and oxygen atoms in total. The summed E-state index contributed by atoms with van der Waals surface area (Å²) in [6.45, 7) is 4.49. The Morgan fingerprint density at radius 1 is 1.24 bits per heavy atom. The van der Waals surface area contributed by atoms with Crippen molar-refractivity contribution in [1.29, 1.82) is 0 Å². The molecule has 0 aliphatic carbocycles. The monoisotopic (exact) mass is 342 g/mol. The molecule has 5 heterocycles. The number of fused-ring (bicyclic) bond motifs is 3. The van der Waals surface area contributed by atoms with Gasteiger partial charge in [-0.25, -0.2) is 4.39 Å². The van der Waals surface area contributed by atoms with Gasteiger partial charge in [-0.3, -0.25) is 14.7 Å². The van der Waals surface area contributed by atoms with Crippen LogP contribution in [-0.2, 0) is 7.05 Å². The van der Waals surface area contributed by atoms with Crippen molar-refractivity contribution < 1.29 is 9.18 Å². The number of amides is 1. The van der Waals surface area contributed by atoms with Gasteiger partial charge in [0.05, 0.1) is 17.6 Å². The molecule has 3 fully saturated rings. The molecule has 6 heteroatoms. The van der Waals surface area contributed by atoms with E-state index in [1.165, 1.54) is 12.3 Å². The van der Waals surface area contributed by atoms with Crippen LogP contribution in [0.4, 0.5) is 4.39 Å². The Morgan fingerprint density at radius 3 is 2.64 bits per heavy atom. The van der Waals surface area contributed by atoms with Gasteiger partial charge in [-0.05, 0) is 63.0 Å². The average molecular weight is 342 g/mol. The summed E-state index contributed by atoms with van der Waals surface area (Å²) in [5, 5.41) is 3.25. The Kier molecular flexibility index (Phi) is 4.07. The van der Waals surface area contributed by atoms with Gasteiger partial charge in [-0.1, -0.05) is 0 Å². The molecule has 3 aliphatic heterocycles. The number of nitrogens with zero attached hydrogens (tertiary/aromatic N) is 3. The van der Waals surface area contributed by atoms with Crippen molar-refractivity contribution in [1.82, 2.24) is 19.8 Å². The second-order valence-electron chi connectivity index (χ2n) is 7.14. The fourth-order valence-electron chi connectivity index (χ4n) is 4.29. The van der Waals surface area contributed by atoms with Crippen molar-refractivity contribution in [2.75, 3.05) is 13.1 Å². The lowest BCUT2D eigenvalue weighted by molar-refractivity contribution is 0.0215. The predicted octanol–water partition coefficient (Wildman–Crippen LogP) is 2.44. The molecule has 0 saturated carbocycles. The summed E-state index contributed by atoms with van der Waals surface area (Å²) in [5.41, 5.74) is 2.05. The van der Waals surface area contributed by atoms with Crippen LogP contribution in [0, 0.1) is 11.7 Å². The van der Waals surface area contributed by atoms with Crippen LogP contribution < -0.4 is 5.32 Å². The van der Waals surface area contributed by atoms with Gasteiger partial charge in [0.1, 0.15) is 11.5 Å². The summed E-state index contributed by atoms with van der Waals surface area (Å²) in [4.78, 5) is 19.4. The van der Waals surface area contributed by atoms with Gasteiger partial charge in [0.15, 0.2) is 0 Å². The van der Waals surface area contributed by atoms with Crippen LogP contribution in [0.5, 0.6) is 0 Å². The van der Waals surface area contributed by atoms with Crippen molar-refractivity contribution in [2.24, 2.45) is 13.0 Å². The Labute approximate surface area is 146 Å². The highest BCUT2D eigenvalue weighted by molar-refractivity contribution is 5.94. The van der Waals surface area contributed by atoms with Crippen LogP contribution in [0.15, 0.2) is 30.5 Å². The maximum atomic E-state index is 13.1. The molecule has 0 spiro atoms. The average Bonchev–Trinajstić information content (AvgIpc) is 3.01. The molecule has 132 valence electrons. The zero-order valence-corrected chi connectivity index (χ0v) is 14.6. The molecule has 2 bridgehead atoms. The van der Waals surface area contributed by atoms with E-state index in [1.54, 1.807) is 6.07 Å². The SMILES string of the molecule is C[C@H]1[C@H](NC(=O)c2ccc(-c3ccc(F)cn3)n2C)C2CCN1CC2. The summed E-state index contributed by atoms with van der Waals surface area (Å²) >= 11 is 0. The molecule has 2 atom stereocenters. The molecular weight excluding hydrogens is 319 g/mol. The highest BCUT2D eigenvalue weighted by Crippen LogP contribution is 2.32. The number of pyridine rings is 1. The molecule has 0 aromatic carbocycles. The molecule has 1 amide bonds. The van der Waals surface area contributed by atoms with Gasteiger partial charge < -0.3 is 9.88 Å². The first kappa shape index (κ1) is 16.3. The van der Waals surface area contributed by atoms with Crippen molar-refractivity contribution in [3.63, 3.8) is 0 Å². The molecule has 5 rings (SSSR count). The van der Waals surface area contributed by atoms with Crippen LogP contribution in [0.2, 0.25) is 0 Å². The van der Waals surface area contributed by atoms with E-state index in [-0.39, 0.29) is 17.8 Å². The van der Waals surface area contributed by atoms with Crippen molar-refractivity contribution in [3.05, 3.63) is 42.0 Å². The Balaban J connectivity index is 1.54. The second kappa shape index (κ2) is 6.26. The third kappa shape index (κ3) is 2.84. The van der Waals surface area contributed by atoms with Gasteiger partial charge in [0.2, 0.25) is 0 Å². The third-order valence-corrected chi connectivity index (χ3v) is 5.82. The lowest BCUT2D eigenvalue weighted by atomic mass is 9.79. The van der Waals surface area contributed by atoms with Gasteiger partial charge >= 0.3 is 0 Å². The molecule has 3 saturated heterocycles. The lowest BCUT2D eigenvalue weighted by Gasteiger charge is -2.49. The Morgan fingerprint density at radius 2 is 2.00 bits per heavy atom. The second-order valence-corrected chi connectivity index (χ2v) is 7.14. The number of hydrogen-bond acceptors (Lipinski definition) is 3. The van der Waals surface area contributed by atoms with E-state index in [4.69, 9.17) is 0 Å². The minimum absolute atomic E-state index is 0.0542. The number of aromatic nitrogens is 2. The first-order chi connectivity index (χ1) is 12.0. The van der Waals surface area contributed by atoms with Crippen LogP contribution in [0.25, 0.3) is 11.4 Å². The van der Waals surface area contributed by atoms with E-state index in [1.807, 2.05) is 23.7 Å². The smallest absolute Gasteiger partial charge is 0.268 e. The predicted molar refractivity (Wildman–Crippen MR) is 93.6 cm³/mol. The zero-order valence-electron chi connectivity index (χ0n) is 14.6. The van der Waals surface area contributed by atoms with E-state index < -0.39 is 0 Å². The quantitative estimate of drug-likeness (QED) is 0.932. The van der Waals surface area contributed by atoms with E-state index in [9.17, 15) is 9.18 Å². The van der Waals surface area contributed by atoms with Crippen LogP contribution in [-0.4, -0.2) is 45.5 Å². The van der Waals surface area contributed by atoms with E-state index >= 15 is 0 Å². The summed E-state index contributed by atoms with van der Waals surface area (Å²) in [6, 6.07) is 7.26. The van der Waals surface area contributed by atoms with E-state index in [0.29, 0.717) is 23.3 Å². The number of hydrogen-bond donors (Lipinski definition) is 1. The maximum absolute atomic E-state index is 13.1. The molecule has 0 radical (unpaired) electrons. The minimum Gasteiger partial charge on any atom is -0.346 e. The topological polar surface area (TPSA) is 50.2 Å². The highest BCUT2D eigenvalue weighted by atomic mass is 19.1. The van der Waals surface area contributed by atoms with Gasteiger partial charge in [-0.15, -0.1) is 0 Å². The summed E-state index contributed by atoms with van der Waals surface area (Å²) in [7, 11) is 1.84. The number of halogens is 1. The summed E-state index contributed by atoms with van der Waals surface area (Å²) in [5.74, 6) is 0.149. The molecule has 2 aromatic heterocycles. The Bertz CT molecular complexity index is 775. The highest BCUT2D eigenvalue weighted by Gasteiger charge is 2.40. The van der Waals surface area contributed by atoms with E-state index in [0.717, 1.165) is 31.6 Å². The van der Waals surface area contributed by atoms with Crippen molar-refractivity contribution in [2.45, 2.75) is 31.8 Å². The Hall–Kier alpha value is -2.21. The number of piperidine rings is 3. The normalized spacial score (nSPS) is 28.1. The van der Waals surface area contributed by atoms with Crippen molar-refractivity contribution >= 4 is 5.91 Å². The minimum atomic E-state index is -0.368. The van der Waals surface area contributed by atoms with Gasteiger partial charge in [0, 0.05) is 19.1 Å². The van der Waals surface area contributed by atoms with E-state index in [2.05, 4.69) is 22.1 Å². The van der Waals surface area contributed by atoms with Crippen molar-refractivity contribution in [3.8, 4) is 11.4 Å². The number of nitrogens with one attached hydrogen (secondary N) is 1. The largest absolute Gasteiger partial charge is 0.346 e. The van der Waals surface area contributed by atoms with Crippen LogP contribution in [0.1, 0.15) is 30.3 Å². The fourth-order valence-corrected chi connectivity index (χ4v) is 4.29.